The minimum atomic E-state index is -0.427. The number of aryl methyl sites for hydroxylation is 1. The second kappa shape index (κ2) is 7.69. The maximum absolute atomic E-state index is 12.7. The lowest BCUT2D eigenvalue weighted by Gasteiger charge is -2.35. The molecule has 6 heteroatoms. The van der Waals surface area contributed by atoms with Crippen molar-refractivity contribution >= 4 is 27.7 Å². The van der Waals surface area contributed by atoms with Crippen molar-refractivity contribution in [2.75, 3.05) is 19.7 Å². The Labute approximate surface area is 170 Å². The van der Waals surface area contributed by atoms with Crippen LogP contribution in [-0.4, -0.2) is 47.9 Å². The lowest BCUT2D eigenvalue weighted by molar-refractivity contribution is -0.0705. The molecule has 2 atom stereocenters. The summed E-state index contributed by atoms with van der Waals surface area (Å²) in [5.41, 5.74) is 1.70. The summed E-state index contributed by atoms with van der Waals surface area (Å²) < 4.78 is 17.2. The van der Waals surface area contributed by atoms with Crippen molar-refractivity contribution in [3.63, 3.8) is 0 Å². The van der Waals surface area contributed by atoms with E-state index in [1.54, 1.807) is 13.8 Å². The number of hydrogen-bond donors (Lipinski definition) is 1. The molecule has 1 saturated heterocycles. The number of furan rings is 1. The summed E-state index contributed by atoms with van der Waals surface area (Å²) in [7, 11) is 0. The van der Waals surface area contributed by atoms with E-state index >= 15 is 0 Å². The van der Waals surface area contributed by atoms with E-state index in [1.165, 1.54) is 0 Å². The van der Waals surface area contributed by atoms with Crippen molar-refractivity contribution in [2.45, 2.75) is 46.4 Å². The number of phenolic OH excluding ortho intramolecular Hbond substituents is 1. The second-order valence-corrected chi connectivity index (χ2v) is 7.78. The predicted octanol–water partition coefficient (Wildman–Crippen LogP) is 4.39. The second-order valence-electron chi connectivity index (χ2n) is 7.78. The number of hydrogen-bond acceptors (Lipinski definition) is 6. The SMILES string of the molecule is CCOC(=O)c1c(C)oc2c1c(CN1C[C@@H](C)O[C@H](C)C1)c(O)c1ccccc12. The van der Waals surface area contributed by atoms with E-state index in [0.29, 0.717) is 39.8 Å². The molecule has 0 radical (unpaired) electrons. The fourth-order valence-corrected chi connectivity index (χ4v) is 4.43. The first-order valence-corrected chi connectivity index (χ1v) is 10.1. The number of fused-ring (bicyclic) bond motifs is 3. The molecule has 6 nitrogen and oxygen atoms in total. The van der Waals surface area contributed by atoms with Crippen LogP contribution in [0.5, 0.6) is 5.75 Å². The van der Waals surface area contributed by atoms with Crippen molar-refractivity contribution in [3.05, 3.63) is 41.2 Å². The summed E-state index contributed by atoms with van der Waals surface area (Å²) in [5.74, 6) is 0.258. The van der Waals surface area contributed by atoms with E-state index in [4.69, 9.17) is 13.9 Å². The van der Waals surface area contributed by atoms with Crippen LogP contribution in [0, 0.1) is 6.92 Å². The van der Waals surface area contributed by atoms with Gasteiger partial charge in [-0.25, -0.2) is 4.79 Å². The van der Waals surface area contributed by atoms with Crippen LogP contribution in [0.1, 0.15) is 42.5 Å². The fraction of sp³-hybridized carbons (Fsp3) is 0.435. The molecule has 1 aromatic heterocycles. The number of nitrogens with zero attached hydrogens (tertiary/aromatic N) is 1. The Balaban J connectivity index is 1.95. The first-order chi connectivity index (χ1) is 13.9. The molecule has 0 aliphatic carbocycles. The topological polar surface area (TPSA) is 72.1 Å². The minimum Gasteiger partial charge on any atom is -0.507 e. The molecule has 0 unspecified atom stereocenters. The Hall–Kier alpha value is -2.57. The number of carbonyl (C=O) groups excluding carboxylic acids is 1. The van der Waals surface area contributed by atoms with Gasteiger partial charge in [-0.1, -0.05) is 24.3 Å². The Morgan fingerprint density at radius 2 is 1.86 bits per heavy atom. The molecule has 3 aromatic rings. The molecule has 0 spiro atoms. The number of benzene rings is 2. The Morgan fingerprint density at radius 3 is 2.52 bits per heavy atom. The summed E-state index contributed by atoms with van der Waals surface area (Å²) in [6.45, 7) is 9.91. The van der Waals surface area contributed by atoms with Crippen molar-refractivity contribution in [1.82, 2.24) is 4.90 Å². The van der Waals surface area contributed by atoms with Crippen LogP contribution < -0.4 is 0 Å². The first kappa shape index (κ1) is 19.7. The number of phenols is 1. The molecular weight excluding hydrogens is 370 g/mol. The van der Waals surface area contributed by atoms with Gasteiger partial charge in [-0.3, -0.25) is 4.90 Å². The van der Waals surface area contributed by atoms with Gasteiger partial charge in [0.2, 0.25) is 0 Å². The molecule has 1 N–H and O–H groups in total. The number of carbonyl (C=O) groups is 1. The van der Waals surface area contributed by atoms with Gasteiger partial charge in [0, 0.05) is 41.4 Å². The number of esters is 1. The third kappa shape index (κ3) is 3.47. The van der Waals surface area contributed by atoms with E-state index in [9.17, 15) is 9.90 Å². The van der Waals surface area contributed by atoms with Crippen LogP contribution in [0.4, 0.5) is 0 Å². The Morgan fingerprint density at radius 1 is 1.21 bits per heavy atom. The molecule has 1 aliphatic rings. The van der Waals surface area contributed by atoms with Gasteiger partial charge in [-0.2, -0.15) is 0 Å². The lowest BCUT2D eigenvalue weighted by Crippen LogP contribution is -2.44. The maximum atomic E-state index is 12.7. The molecule has 2 aromatic carbocycles. The molecule has 154 valence electrons. The van der Waals surface area contributed by atoms with E-state index in [0.717, 1.165) is 18.5 Å². The molecule has 2 heterocycles. The van der Waals surface area contributed by atoms with E-state index < -0.39 is 5.97 Å². The molecule has 0 saturated carbocycles. The number of ether oxygens (including phenoxy) is 2. The van der Waals surface area contributed by atoms with Crippen molar-refractivity contribution in [3.8, 4) is 5.75 Å². The van der Waals surface area contributed by atoms with E-state index in [1.807, 2.05) is 38.1 Å². The molecular formula is C23H27NO5. The number of aromatic hydroxyl groups is 1. The van der Waals surface area contributed by atoms with E-state index in [-0.39, 0.29) is 24.6 Å². The normalized spacial score (nSPS) is 20.4. The van der Waals surface area contributed by atoms with Gasteiger partial charge in [-0.15, -0.1) is 0 Å². The summed E-state index contributed by atoms with van der Waals surface area (Å²) in [6, 6.07) is 7.56. The first-order valence-electron chi connectivity index (χ1n) is 10.1. The largest absolute Gasteiger partial charge is 0.507 e. The van der Waals surface area contributed by atoms with Crippen LogP contribution >= 0.6 is 0 Å². The third-order valence-electron chi connectivity index (χ3n) is 5.46. The van der Waals surface area contributed by atoms with Gasteiger partial charge < -0.3 is 19.0 Å². The quantitative estimate of drug-likeness (QED) is 0.659. The highest BCUT2D eigenvalue weighted by molar-refractivity contribution is 6.16. The summed E-state index contributed by atoms with van der Waals surface area (Å²) >= 11 is 0. The van der Waals surface area contributed by atoms with Crippen LogP contribution in [0.3, 0.4) is 0 Å². The standard InChI is InChI=1S/C23H27NO5/c1-5-27-23(26)19-15(4)29-22-17-9-7-6-8-16(17)21(25)18(20(19)22)12-24-10-13(2)28-14(3)11-24/h6-9,13-14,25H,5,10-12H2,1-4H3/t13-,14-/m1/s1. The summed E-state index contributed by atoms with van der Waals surface area (Å²) in [5, 5.41) is 13.3. The highest BCUT2D eigenvalue weighted by atomic mass is 16.5. The molecule has 0 amide bonds. The Kier molecular flexibility index (Phi) is 5.23. The van der Waals surface area contributed by atoms with Crippen molar-refractivity contribution < 1.29 is 23.8 Å². The Bertz CT molecular complexity index is 1060. The van der Waals surface area contributed by atoms with Crippen LogP contribution in [0.2, 0.25) is 0 Å². The van der Waals surface area contributed by atoms with Gasteiger partial charge >= 0.3 is 5.97 Å². The molecule has 1 fully saturated rings. The average Bonchev–Trinajstić information content (AvgIpc) is 3.02. The number of rotatable bonds is 4. The zero-order valence-corrected chi connectivity index (χ0v) is 17.3. The zero-order chi connectivity index (χ0) is 20.7. The predicted molar refractivity (Wildman–Crippen MR) is 111 cm³/mol. The average molecular weight is 397 g/mol. The molecule has 0 bridgehead atoms. The van der Waals surface area contributed by atoms with Gasteiger partial charge in [0.05, 0.1) is 18.8 Å². The van der Waals surface area contributed by atoms with Crippen molar-refractivity contribution in [1.29, 1.82) is 0 Å². The maximum Gasteiger partial charge on any atom is 0.342 e. The van der Waals surface area contributed by atoms with Gasteiger partial charge in [0.15, 0.2) is 0 Å². The third-order valence-corrected chi connectivity index (χ3v) is 5.46. The molecule has 1 aliphatic heterocycles. The summed E-state index contributed by atoms with van der Waals surface area (Å²) in [4.78, 5) is 15.0. The van der Waals surface area contributed by atoms with Crippen molar-refractivity contribution in [2.24, 2.45) is 0 Å². The molecule has 4 rings (SSSR count). The monoisotopic (exact) mass is 397 g/mol. The lowest BCUT2D eigenvalue weighted by atomic mass is 9.97. The number of morpholine rings is 1. The minimum absolute atomic E-state index is 0.104. The van der Waals surface area contributed by atoms with Crippen LogP contribution in [-0.2, 0) is 16.0 Å². The van der Waals surface area contributed by atoms with E-state index in [2.05, 4.69) is 4.90 Å². The molecule has 29 heavy (non-hydrogen) atoms. The van der Waals surface area contributed by atoms with Gasteiger partial charge in [0.1, 0.15) is 22.7 Å². The van der Waals surface area contributed by atoms with Crippen LogP contribution in [0.25, 0.3) is 21.7 Å². The highest BCUT2D eigenvalue weighted by Crippen LogP contribution is 2.42. The fourth-order valence-electron chi connectivity index (χ4n) is 4.43. The van der Waals surface area contributed by atoms with Crippen LogP contribution in [0.15, 0.2) is 28.7 Å². The smallest absolute Gasteiger partial charge is 0.342 e. The van der Waals surface area contributed by atoms with Gasteiger partial charge in [0.25, 0.3) is 0 Å². The summed E-state index contributed by atoms with van der Waals surface area (Å²) in [6.07, 6.45) is 0.208. The van der Waals surface area contributed by atoms with Gasteiger partial charge in [-0.05, 0) is 27.7 Å². The highest BCUT2D eigenvalue weighted by Gasteiger charge is 2.29. The zero-order valence-electron chi connectivity index (χ0n) is 17.3.